The van der Waals surface area contributed by atoms with Crippen molar-refractivity contribution >= 4 is 39.0 Å². The molecule has 0 saturated heterocycles. The first-order chi connectivity index (χ1) is 19.9. The normalized spacial score (nSPS) is 38.5. The van der Waals surface area contributed by atoms with E-state index in [0.717, 1.165) is 44.2 Å². The Kier molecular flexibility index (Phi) is 10.4. The van der Waals surface area contributed by atoms with Gasteiger partial charge in [-0.15, -0.1) is 0 Å². The predicted molar refractivity (Wildman–Crippen MR) is 194 cm³/mol. The van der Waals surface area contributed by atoms with Crippen LogP contribution in [0.2, 0.25) is 78.6 Å². The number of hydrogen-bond acceptors (Lipinski definition) is 6. The Hall–Kier alpha value is -0.0825. The monoisotopic (exact) mass is 681 g/mol. The van der Waals surface area contributed by atoms with Crippen LogP contribution in [0.15, 0.2) is 16.8 Å². The molecule has 0 aromatic carbocycles. The van der Waals surface area contributed by atoms with Gasteiger partial charge < -0.3 is 22.5 Å². The summed E-state index contributed by atoms with van der Waals surface area (Å²) in [7, 11) is -5.57. The fraction of sp³-hybridized carbons (Fsp3) is 0.912. The molecule has 0 radical (unpaired) electrons. The standard InChI is InChI=1S/C34H67NO5Si4/c1-32-20-18-26(38-42(7,8)9)22-25(32)16-17-27-28-19-21-34(40-44(13,14)15,30(35-36-3)24-37-41(4,5)6)33(28,2)23-29(31(27)32)39-43(10,11)12/h16,26-29,31H,17-24H2,1-15H3/b35-30+/t26?,27-,28-,29?,31+,32-,33-,34-/m0/s1. The Morgan fingerprint density at radius 1 is 0.841 bits per heavy atom. The SMILES string of the molecule is CO/N=C(\CO[Si](C)(C)C)[C@@]1(O[Si](C)(C)C)CC[C@H]2[C@@H]3CC=C4CC(O[Si](C)(C)C)CC[C@]4(C)[C@H]3C(O[Si](C)(C)C)C[C@@]21C. The lowest BCUT2D eigenvalue weighted by molar-refractivity contribution is -0.140. The van der Waals surface area contributed by atoms with Crippen LogP contribution in [0.3, 0.4) is 0 Å². The van der Waals surface area contributed by atoms with Crippen LogP contribution in [0.25, 0.3) is 0 Å². The van der Waals surface area contributed by atoms with E-state index >= 15 is 0 Å². The van der Waals surface area contributed by atoms with Gasteiger partial charge in [0.2, 0.25) is 0 Å². The molecule has 4 aliphatic rings. The first-order valence-electron chi connectivity index (χ1n) is 17.4. The molecule has 0 aliphatic heterocycles. The summed E-state index contributed by atoms with van der Waals surface area (Å²) >= 11 is 0. The highest BCUT2D eigenvalue weighted by Gasteiger charge is 2.69. The van der Waals surface area contributed by atoms with Gasteiger partial charge in [0.05, 0.1) is 6.61 Å². The molecule has 0 bridgehead atoms. The Balaban J connectivity index is 1.81. The topological polar surface area (TPSA) is 58.5 Å². The van der Waals surface area contributed by atoms with E-state index in [-0.39, 0.29) is 16.9 Å². The molecule has 0 amide bonds. The molecule has 0 aromatic heterocycles. The van der Waals surface area contributed by atoms with E-state index in [4.69, 9.17) is 27.7 Å². The zero-order chi connectivity index (χ0) is 33.1. The van der Waals surface area contributed by atoms with E-state index in [2.05, 4.69) is 98.5 Å². The maximum absolute atomic E-state index is 7.48. The summed E-state index contributed by atoms with van der Waals surface area (Å²) in [5.74, 6) is 1.61. The summed E-state index contributed by atoms with van der Waals surface area (Å²) in [6.07, 6.45) is 10.9. The maximum atomic E-state index is 7.48. The minimum atomic E-state index is -2.00. The number of fused-ring (bicyclic) bond motifs is 5. The van der Waals surface area contributed by atoms with E-state index in [1.807, 2.05) is 0 Å². The number of oxime groups is 1. The molecular formula is C34H67NO5Si4. The van der Waals surface area contributed by atoms with Crippen LogP contribution in [0.4, 0.5) is 0 Å². The summed E-state index contributed by atoms with van der Waals surface area (Å²) < 4.78 is 28.1. The third-order valence-electron chi connectivity index (χ3n) is 10.9. The first-order valence-corrected chi connectivity index (χ1v) is 31.1. The lowest BCUT2D eigenvalue weighted by atomic mass is 9.46. The van der Waals surface area contributed by atoms with Gasteiger partial charge in [-0.1, -0.05) is 30.7 Å². The first kappa shape index (κ1) is 36.7. The molecule has 0 heterocycles. The van der Waals surface area contributed by atoms with Crippen molar-refractivity contribution in [2.24, 2.45) is 33.7 Å². The van der Waals surface area contributed by atoms with Crippen molar-refractivity contribution < 1.29 is 22.5 Å². The average molecular weight is 682 g/mol. The molecule has 3 saturated carbocycles. The van der Waals surface area contributed by atoms with Crippen molar-refractivity contribution in [1.82, 2.24) is 0 Å². The Morgan fingerprint density at radius 2 is 1.48 bits per heavy atom. The quantitative estimate of drug-likeness (QED) is 0.0941. The van der Waals surface area contributed by atoms with Crippen molar-refractivity contribution in [3.63, 3.8) is 0 Å². The van der Waals surface area contributed by atoms with Crippen molar-refractivity contribution in [2.45, 2.75) is 155 Å². The van der Waals surface area contributed by atoms with E-state index in [0.29, 0.717) is 30.5 Å². The van der Waals surface area contributed by atoms with Crippen LogP contribution < -0.4 is 0 Å². The maximum Gasteiger partial charge on any atom is 0.185 e. The van der Waals surface area contributed by atoms with Crippen LogP contribution in [-0.4, -0.2) is 70.5 Å². The van der Waals surface area contributed by atoms with Crippen molar-refractivity contribution in [3.8, 4) is 0 Å². The van der Waals surface area contributed by atoms with Crippen LogP contribution >= 0.6 is 0 Å². The van der Waals surface area contributed by atoms with Gasteiger partial charge in [0, 0.05) is 17.6 Å². The third-order valence-corrected chi connectivity index (χ3v) is 14.9. The van der Waals surface area contributed by atoms with Crippen molar-refractivity contribution in [1.29, 1.82) is 0 Å². The van der Waals surface area contributed by atoms with Crippen LogP contribution in [-0.2, 0) is 22.5 Å². The average Bonchev–Trinajstić information content (AvgIpc) is 3.10. The van der Waals surface area contributed by atoms with Gasteiger partial charge in [-0.05, 0) is 147 Å². The molecule has 4 aliphatic carbocycles. The van der Waals surface area contributed by atoms with Crippen LogP contribution in [0.1, 0.15) is 58.8 Å². The molecule has 3 fully saturated rings. The molecule has 0 aromatic rings. The molecule has 44 heavy (non-hydrogen) atoms. The molecule has 4 rings (SSSR count). The Labute approximate surface area is 275 Å². The second kappa shape index (κ2) is 12.4. The highest BCUT2D eigenvalue weighted by atomic mass is 28.4. The minimum absolute atomic E-state index is 0.126. The Bertz CT molecular complexity index is 1100. The molecular weight excluding hydrogens is 615 g/mol. The van der Waals surface area contributed by atoms with Gasteiger partial charge in [-0.3, -0.25) is 0 Å². The van der Waals surface area contributed by atoms with E-state index < -0.39 is 38.9 Å². The van der Waals surface area contributed by atoms with E-state index in [9.17, 15) is 0 Å². The summed E-state index contributed by atoms with van der Waals surface area (Å²) in [6, 6.07) is 0. The lowest BCUT2D eigenvalue weighted by Crippen LogP contribution is -2.65. The summed E-state index contributed by atoms with van der Waals surface area (Å²) in [4.78, 5) is 5.61. The number of allylic oxidation sites excluding steroid dienone is 1. The zero-order valence-electron chi connectivity index (χ0n) is 31.1. The van der Waals surface area contributed by atoms with Crippen molar-refractivity contribution in [2.75, 3.05) is 13.7 Å². The molecule has 2 unspecified atom stereocenters. The van der Waals surface area contributed by atoms with Gasteiger partial charge >= 0.3 is 0 Å². The van der Waals surface area contributed by atoms with Crippen LogP contribution in [0, 0.1) is 28.6 Å². The number of hydrogen-bond donors (Lipinski definition) is 0. The second-order valence-corrected chi connectivity index (χ2v) is 36.7. The Morgan fingerprint density at radius 3 is 2.02 bits per heavy atom. The molecule has 10 heteroatoms. The van der Waals surface area contributed by atoms with Gasteiger partial charge in [0.15, 0.2) is 33.3 Å². The van der Waals surface area contributed by atoms with Gasteiger partial charge in [0.25, 0.3) is 0 Å². The minimum Gasteiger partial charge on any atom is -0.414 e. The van der Waals surface area contributed by atoms with Crippen LogP contribution in [0.5, 0.6) is 0 Å². The van der Waals surface area contributed by atoms with E-state index in [1.54, 1.807) is 12.7 Å². The molecule has 6 nitrogen and oxygen atoms in total. The lowest BCUT2D eigenvalue weighted by Gasteiger charge is -2.63. The summed E-state index contributed by atoms with van der Waals surface area (Å²) in [6.45, 7) is 33.4. The molecule has 8 atom stereocenters. The highest BCUT2D eigenvalue weighted by molar-refractivity contribution is 6.71. The van der Waals surface area contributed by atoms with E-state index in [1.165, 1.54) is 6.42 Å². The molecule has 0 spiro atoms. The largest absolute Gasteiger partial charge is 0.414 e. The number of nitrogens with zero attached hydrogens (tertiary/aromatic N) is 1. The summed E-state index contributed by atoms with van der Waals surface area (Å²) in [5, 5.41) is 4.78. The highest BCUT2D eigenvalue weighted by Crippen LogP contribution is 2.69. The third kappa shape index (κ3) is 7.63. The van der Waals surface area contributed by atoms with Crippen molar-refractivity contribution in [3.05, 3.63) is 11.6 Å². The smallest absolute Gasteiger partial charge is 0.185 e. The fourth-order valence-electron chi connectivity index (χ4n) is 9.71. The zero-order valence-corrected chi connectivity index (χ0v) is 35.1. The van der Waals surface area contributed by atoms with Gasteiger partial charge in [-0.2, -0.15) is 0 Å². The molecule has 0 N–H and O–H groups in total. The van der Waals surface area contributed by atoms with Gasteiger partial charge in [0.1, 0.15) is 18.4 Å². The second-order valence-electron chi connectivity index (χ2n) is 18.9. The summed E-state index contributed by atoms with van der Waals surface area (Å²) in [5.41, 5.74) is 2.12. The number of rotatable bonds is 11. The van der Waals surface area contributed by atoms with Gasteiger partial charge in [-0.25, -0.2) is 0 Å². The predicted octanol–water partition coefficient (Wildman–Crippen LogP) is 9.44. The molecule has 254 valence electrons. The fourth-order valence-corrected chi connectivity index (χ4v) is 14.1.